The Balaban J connectivity index is 1.60. The summed E-state index contributed by atoms with van der Waals surface area (Å²) in [5.74, 6) is 1.61. The van der Waals surface area contributed by atoms with Crippen LogP contribution in [0.2, 0.25) is 0 Å². The molecular formula is C13H20N4O3S. The number of nitrogens with one attached hydrogen (secondary N) is 2. The number of hydrogen-bond donors (Lipinski definition) is 2. The minimum Gasteiger partial charge on any atom is -0.379 e. The lowest BCUT2D eigenvalue weighted by Crippen LogP contribution is -2.30. The Morgan fingerprint density at radius 3 is 2.86 bits per heavy atom. The molecule has 0 radical (unpaired) electrons. The molecule has 0 amide bonds. The molecule has 0 bridgehead atoms. The fourth-order valence-corrected chi connectivity index (χ4v) is 4.34. The van der Waals surface area contributed by atoms with Crippen molar-refractivity contribution in [2.24, 2.45) is 0 Å². The molecule has 8 heteroatoms. The standard InChI is InChI=1S/C13H20N4O3S/c18-21(19)7-4-11(9-21)16-13-14-5-3-12(17-13)15-10-2-1-6-20-8-10/h3,5,10-11H,1-2,4,6-9H2,(H2,14,15,16,17)/t10-,11+/m0/s1. The molecule has 1 aromatic heterocycles. The van der Waals surface area contributed by atoms with Crippen LogP contribution in [0, 0.1) is 0 Å². The predicted molar refractivity (Wildman–Crippen MR) is 80.2 cm³/mol. The van der Waals surface area contributed by atoms with Gasteiger partial charge in [0.1, 0.15) is 5.82 Å². The number of rotatable bonds is 4. The minimum atomic E-state index is -2.90. The minimum absolute atomic E-state index is 0.0942. The topological polar surface area (TPSA) is 93.2 Å². The third kappa shape index (κ3) is 4.04. The average Bonchev–Trinajstić information content (AvgIpc) is 2.79. The van der Waals surface area contributed by atoms with Gasteiger partial charge in [0.15, 0.2) is 9.84 Å². The molecule has 0 aromatic carbocycles. The van der Waals surface area contributed by atoms with Crippen LogP contribution in [0.5, 0.6) is 0 Å². The first kappa shape index (κ1) is 14.5. The van der Waals surface area contributed by atoms with Crippen LogP contribution in [0.1, 0.15) is 19.3 Å². The second-order valence-electron chi connectivity index (χ2n) is 5.57. The quantitative estimate of drug-likeness (QED) is 0.844. The van der Waals surface area contributed by atoms with Crippen LogP contribution in [0.3, 0.4) is 0 Å². The summed E-state index contributed by atoms with van der Waals surface area (Å²) in [5, 5.41) is 6.43. The van der Waals surface area contributed by atoms with Crippen LogP contribution in [-0.2, 0) is 14.6 Å². The normalized spacial score (nSPS) is 28.2. The van der Waals surface area contributed by atoms with Gasteiger partial charge in [0, 0.05) is 18.8 Å². The largest absolute Gasteiger partial charge is 0.379 e. The lowest BCUT2D eigenvalue weighted by Gasteiger charge is -2.23. The van der Waals surface area contributed by atoms with E-state index < -0.39 is 9.84 Å². The van der Waals surface area contributed by atoms with E-state index in [0.717, 1.165) is 25.3 Å². The first-order valence-electron chi connectivity index (χ1n) is 7.25. The van der Waals surface area contributed by atoms with Crippen LogP contribution in [0.15, 0.2) is 12.3 Å². The second kappa shape index (κ2) is 6.15. The molecule has 7 nitrogen and oxygen atoms in total. The predicted octanol–water partition coefficient (Wildman–Crippen LogP) is 0.666. The van der Waals surface area contributed by atoms with Crippen molar-refractivity contribution < 1.29 is 13.2 Å². The second-order valence-corrected chi connectivity index (χ2v) is 7.80. The Kier molecular flexibility index (Phi) is 4.25. The maximum atomic E-state index is 11.5. The molecule has 1 aromatic rings. The maximum Gasteiger partial charge on any atom is 0.224 e. The summed E-state index contributed by atoms with van der Waals surface area (Å²) < 4.78 is 28.3. The Bertz CT molecular complexity index is 587. The van der Waals surface area contributed by atoms with Gasteiger partial charge in [-0.05, 0) is 25.3 Å². The maximum absolute atomic E-state index is 11.5. The van der Waals surface area contributed by atoms with E-state index in [1.807, 2.05) is 6.07 Å². The Morgan fingerprint density at radius 2 is 2.14 bits per heavy atom. The zero-order valence-electron chi connectivity index (χ0n) is 11.8. The van der Waals surface area contributed by atoms with E-state index in [9.17, 15) is 8.42 Å². The molecule has 3 rings (SSSR count). The van der Waals surface area contributed by atoms with Gasteiger partial charge in [0.25, 0.3) is 0 Å². The monoisotopic (exact) mass is 312 g/mol. The summed E-state index contributed by atoms with van der Waals surface area (Å²) in [6.07, 6.45) is 4.39. The molecule has 2 saturated heterocycles. The smallest absolute Gasteiger partial charge is 0.224 e. The number of ether oxygens (including phenoxy) is 1. The molecule has 0 saturated carbocycles. The van der Waals surface area contributed by atoms with E-state index in [-0.39, 0.29) is 23.6 Å². The van der Waals surface area contributed by atoms with Gasteiger partial charge in [-0.1, -0.05) is 0 Å². The summed E-state index contributed by atoms with van der Waals surface area (Å²) in [6.45, 7) is 1.51. The summed E-state index contributed by atoms with van der Waals surface area (Å²) in [7, 11) is -2.90. The number of nitrogens with zero attached hydrogens (tertiary/aromatic N) is 2. The molecule has 2 aliphatic rings. The molecule has 21 heavy (non-hydrogen) atoms. The van der Waals surface area contributed by atoms with Crippen LogP contribution in [0.4, 0.5) is 11.8 Å². The highest BCUT2D eigenvalue weighted by Gasteiger charge is 2.28. The molecule has 2 aliphatic heterocycles. The van der Waals surface area contributed by atoms with Crippen molar-refractivity contribution in [2.45, 2.75) is 31.3 Å². The van der Waals surface area contributed by atoms with Gasteiger partial charge in [0.05, 0.1) is 24.2 Å². The van der Waals surface area contributed by atoms with E-state index in [1.165, 1.54) is 0 Å². The van der Waals surface area contributed by atoms with Crippen LogP contribution in [0.25, 0.3) is 0 Å². The van der Waals surface area contributed by atoms with Crippen molar-refractivity contribution in [3.63, 3.8) is 0 Å². The van der Waals surface area contributed by atoms with Crippen molar-refractivity contribution in [1.29, 1.82) is 0 Å². The molecule has 2 fully saturated rings. The Morgan fingerprint density at radius 1 is 1.24 bits per heavy atom. The van der Waals surface area contributed by atoms with E-state index in [2.05, 4.69) is 20.6 Å². The number of hydrogen-bond acceptors (Lipinski definition) is 7. The van der Waals surface area contributed by atoms with E-state index in [1.54, 1.807) is 6.20 Å². The molecule has 0 spiro atoms. The van der Waals surface area contributed by atoms with Gasteiger partial charge in [-0.2, -0.15) is 4.98 Å². The Hall–Kier alpha value is -1.41. The first-order chi connectivity index (χ1) is 10.1. The molecule has 2 N–H and O–H groups in total. The highest BCUT2D eigenvalue weighted by molar-refractivity contribution is 7.91. The molecule has 0 unspecified atom stereocenters. The van der Waals surface area contributed by atoms with Crippen molar-refractivity contribution in [3.05, 3.63) is 12.3 Å². The average molecular weight is 312 g/mol. The molecule has 116 valence electrons. The van der Waals surface area contributed by atoms with Crippen LogP contribution < -0.4 is 10.6 Å². The van der Waals surface area contributed by atoms with Crippen molar-refractivity contribution in [2.75, 3.05) is 35.4 Å². The zero-order valence-corrected chi connectivity index (χ0v) is 12.6. The van der Waals surface area contributed by atoms with Gasteiger partial charge in [0.2, 0.25) is 5.95 Å². The van der Waals surface area contributed by atoms with Crippen molar-refractivity contribution >= 4 is 21.6 Å². The SMILES string of the molecule is O=S1(=O)CC[C@@H](Nc2nccc(N[C@H]3CCCOC3)n2)C1. The van der Waals surface area contributed by atoms with Crippen molar-refractivity contribution in [3.8, 4) is 0 Å². The van der Waals surface area contributed by atoms with Crippen LogP contribution in [-0.4, -0.2) is 55.2 Å². The molecule has 3 heterocycles. The summed E-state index contributed by atoms with van der Waals surface area (Å²) in [4.78, 5) is 8.55. The first-order valence-corrected chi connectivity index (χ1v) is 9.07. The highest BCUT2D eigenvalue weighted by Crippen LogP contribution is 2.17. The van der Waals surface area contributed by atoms with Gasteiger partial charge in [-0.15, -0.1) is 0 Å². The van der Waals surface area contributed by atoms with Gasteiger partial charge < -0.3 is 15.4 Å². The summed E-state index contributed by atoms with van der Waals surface area (Å²) in [6, 6.07) is 1.99. The zero-order chi connectivity index (χ0) is 14.7. The highest BCUT2D eigenvalue weighted by atomic mass is 32.2. The lowest BCUT2D eigenvalue weighted by atomic mass is 10.1. The van der Waals surface area contributed by atoms with Crippen molar-refractivity contribution in [1.82, 2.24) is 9.97 Å². The van der Waals surface area contributed by atoms with Gasteiger partial charge in [-0.25, -0.2) is 13.4 Å². The summed E-state index contributed by atoms with van der Waals surface area (Å²) >= 11 is 0. The van der Waals surface area contributed by atoms with Gasteiger partial charge >= 0.3 is 0 Å². The van der Waals surface area contributed by atoms with Crippen LogP contribution >= 0.6 is 0 Å². The fraction of sp³-hybridized carbons (Fsp3) is 0.692. The Labute approximate surface area is 124 Å². The lowest BCUT2D eigenvalue weighted by molar-refractivity contribution is 0.0875. The number of anilines is 2. The third-order valence-electron chi connectivity index (χ3n) is 3.73. The number of sulfone groups is 1. The van der Waals surface area contributed by atoms with E-state index in [4.69, 9.17) is 4.74 Å². The van der Waals surface area contributed by atoms with Gasteiger partial charge in [-0.3, -0.25) is 0 Å². The molecule has 0 aliphatic carbocycles. The third-order valence-corrected chi connectivity index (χ3v) is 5.50. The molecular weight excluding hydrogens is 292 g/mol. The van der Waals surface area contributed by atoms with E-state index >= 15 is 0 Å². The molecule has 2 atom stereocenters. The number of aromatic nitrogens is 2. The fourth-order valence-electron chi connectivity index (χ4n) is 2.66. The summed E-state index contributed by atoms with van der Waals surface area (Å²) in [5.41, 5.74) is 0. The van der Waals surface area contributed by atoms with E-state index in [0.29, 0.717) is 19.0 Å².